The number of rotatable bonds is 7. The normalized spacial score (nSPS) is 15.5. The van der Waals surface area contributed by atoms with Gasteiger partial charge in [0.2, 0.25) is 0 Å². The molecule has 1 rings (SSSR count). The summed E-state index contributed by atoms with van der Waals surface area (Å²) in [5.74, 6) is 1.46. The molecule has 0 nitrogen and oxygen atoms in total. The van der Waals surface area contributed by atoms with E-state index in [0.717, 1.165) is 5.92 Å². The van der Waals surface area contributed by atoms with Crippen molar-refractivity contribution in [3.63, 3.8) is 0 Å². The zero-order chi connectivity index (χ0) is 16.8. The molecule has 22 heavy (non-hydrogen) atoms. The Labute approximate surface area is 138 Å². The van der Waals surface area contributed by atoms with Gasteiger partial charge in [0.05, 0.1) is 0 Å². The zero-order valence-corrected chi connectivity index (χ0v) is 15.4. The van der Waals surface area contributed by atoms with Gasteiger partial charge in [-0.05, 0) is 54.6 Å². The van der Waals surface area contributed by atoms with Gasteiger partial charge in [-0.2, -0.15) is 0 Å². The van der Waals surface area contributed by atoms with Crippen molar-refractivity contribution in [3.8, 4) is 0 Å². The lowest BCUT2D eigenvalue weighted by molar-refractivity contribution is 0.362. The number of allylic oxidation sites excluding steroid dienone is 3. The van der Waals surface area contributed by atoms with Crippen molar-refractivity contribution >= 4 is 0 Å². The SMILES string of the molecule is C=C(/C=C(\C)CC(C)C(C)CCc1ccccc1)C(C)(C)C. The van der Waals surface area contributed by atoms with Crippen molar-refractivity contribution in [2.45, 2.75) is 60.8 Å². The van der Waals surface area contributed by atoms with Crippen LogP contribution in [0.2, 0.25) is 0 Å². The molecule has 0 aliphatic heterocycles. The Balaban J connectivity index is 2.48. The fraction of sp³-hybridized carbons (Fsp3) is 0.545. The molecule has 2 atom stereocenters. The van der Waals surface area contributed by atoms with Crippen LogP contribution in [0.1, 0.15) is 59.9 Å². The predicted molar refractivity (Wildman–Crippen MR) is 100 cm³/mol. The molecule has 122 valence electrons. The summed E-state index contributed by atoms with van der Waals surface area (Å²) in [6, 6.07) is 10.8. The smallest absolute Gasteiger partial charge is 0.0138 e. The van der Waals surface area contributed by atoms with Crippen LogP contribution in [-0.4, -0.2) is 0 Å². The van der Waals surface area contributed by atoms with Crippen molar-refractivity contribution in [1.29, 1.82) is 0 Å². The van der Waals surface area contributed by atoms with Gasteiger partial charge in [-0.15, -0.1) is 0 Å². The Morgan fingerprint density at radius 1 is 1.09 bits per heavy atom. The van der Waals surface area contributed by atoms with Crippen molar-refractivity contribution in [3.05, 3.63) is 59.7 Å². The molecular weight excluding hydrogens is 264 g/mol. The number of benzene rings is 1. The van der Waals surface area contributed by atoms with E-state index in [1.807, 2.05) is 0 Å². The van der Waals surface area contributed by atoms with Gasteiger partial charge in [0.15, 0.2) is 0 Å². The molecule has 2 unspecified atom stereocenters. The highest BCUT2D eigenvalue weighted by atomic mass is 14.2. The lowest BCUT2D eigenvalue weighted by atomic mass is 9.83. The molecule has 0 saturated heterocycles. The molecular formula is C22H34. The summed E-state index contributed by atoms with van der Waals surface area (Å²) in [6.45, 7) is 17.9. The van der Waals surface area contributed by atoms with E-state index in [2.05, 4.69) is 84.5 Å². The fourth-order valence-electron chi connectivity index (χ4n) is 2.61. The number of hydrogen-bond acceptors (Lipinski definition) is 0. The van der Waals surface area contributed by atoms with E-state index < -0.39 is 0 Å². The number of aryl methyl sites for hydroxylation is 1. The van der Waals surface area contributed by atoms with Crippen molar-refractivity contribution in [2.24, 2.45) is 17.3 Å². The van der Waals surface area contributed by atoms with Gasteiger partial charge >= 0.3 is 0 Å². The van der Waals surface area contributed by atoms with Crippen molar-refractivity contribution < 1.29 is 0 Å². The molecule has 1 aromatic carbocycles. The monoisotopic (exact) mass is 298 g/mol. The average Bonchev–Trinajstić information content (AvgIpc) is 2.44. The van der Waals surface area contributed by atoms with E-state index in [0.29, 0.717) is 5.92 Å². The van der Waals surface area contributed by atoms with Gasteiger partial charge in [0, 0.05) is 0 Å². The Hall–Kier alpha value is -1.30. The third-order valence-electron chi connectivity index (χ3n) is 4.73. The maximum absolute atomic E-state index is 4.22. The van der Waals surface area contributed by atoms with Gasteiger partial charge in [0.1, 0.15) is 0 Å². The zero-order valence-electron chi connectivity index (χ0n) is 15.4. The molecule has 0 bridgehead atoms. The maximum Gasteiger partial charge on any atom is -0.0138 e. The highest BCUT2D eigenvalue weighted by Gasteiger charge is 2.15. The van der Waals surface area contributed by atoms with Gasteiger partial charge < -0.3 is 0 Å². The molecule has 0 aromatic heterocycles. The van der Waals surface area contributed by atoms with Gasteiger partial charge in [-0.1, -0.05) is 83.2 Å². The maximum atomic E-state index is 4.22. The molecule has 0 aliphatic rings. The first-order valence-electron chi connectivity index (χ1n) is 8.60. The second-order valence-electron chi connectivity index (χ2n) is 7.95. The molecule has 0 saturated carbocycles. The van der Waals surface area contributed by atoms with E-state index in [1.165, 1.54) is 36.0 Å². The van der Waals surface area contributed by atoms with E-state index in [-0.39, 0.29) is 5.41 Å². The number of hydrogen-bond donors (Lipinski definition) is 0. The fourth-order valence-corrected chi connectivity index (χ4v) is 2.61. The molecule has 0 radical (unpaired) electrons. The van der Waals surface area contributed by atoms with Crippen LogP contribution in [0.4, 0.5) is 0 Å². The standard InChI is InChI=1S/C22H34/c1-17(16-20(4)22(5,6)7)15-19(3)18(2)13-14-21-11-9-8-10-12-21/h8-12,16,18-19H,4,13-15H2,1-3,5-7H3/b17-16+. The predicted octanol–water partition coefficient (Wildman–Crippen LogP) is 6.83. The first kappa shape index (κ1) is 18.7. The molecule has 0 heterocycles. The Morgan fingerprint density at radius 3 is 2.23 bits per heavy atom. The van der Waals surface area contributed by atoms with Crippen LogP contribution < -0.4 is 0 Å². The summed E-state index contributed by atoms with van der Waals surface area (Å²) in [4.78, 5) is 0. The Morgan fingerprint density at radius 2 is 1.68 bits per heavy atom. The molecule has 0 fully saturated rings. The minimum Gasteiger partial charge on any atom is -0.0953 e. The van der Waals surface area contributed by atoms with E-state index in [1.54, 1.807) is 0 Å². The van der Waals surface area contributed by atoms with Crippen LogP contribution in [-0.2, 0) is 6.42 Å². The lowest BCUT2D eigenvalue weighted by Gasteiger charge is -2.23. The minimum atomic E-state index is 0.170. The molecule has 1 aromatic rings. The van der Waals surface area contributed by atoms with Gasteiger partial charge in [-0.3, -0.25) is 0 Å². The molecule has 0 heteroatoms. The van der Waals surface area contributed by atoms with Crippen LogP contribution in [0.5, 0.6) is 0 Å². The topological polar surface area (TPSA) is 0 Å². The summed E-state index contributed by atoms with van der Waals surface area (Å²) in [6.07, 6.45) is 5.91. The molecule has 0 aliphatic carbocycles. The largest absolute Gasteiger partial charge is 0.0953 e. The summed E-state index contributed by atoms with van der Waals surface area (Å²) in [7, 11) is 0. The van der Waals surface area contributed by atoms with Gasteiger partial charge in [-0.25, -0.2) is 0 Å². The van der Waals surface area contributed by atoms with E-state index in [4.69, 9.17) is 0 Å². The lowest BCUT2D eigenvalue weighted by Crippen LogP contribution is -2.11. The third kappa shape index (κ3) is 6.64. The third-order valence-corrected chi connectivity index (χ3v) is 4.73. The summed E-state index contributed by atoms with van der Waals surface area (Å²) in [5, 5.41) is 0. The van der Waals surface area contributed by atoms with Crippen LogP contribution in [0.3, 0.4) is 0 Å². The van der Waals surface area contributed by atoms with Crippen LogP contribution in [0.25, 0.3) is 0 Å². The van der Waals surface area contributed by atoms with E-state index >= 15 is 0 Å². The highest BCUT2D eigenvalue weighted by molar-refractivity contribution is 5.25. The average molecular weight is 299 g/mol. The summed E-state index contributed by atoms with van der Waals surface area (Å²) < 4.78 is 0. The second kappa shape index (κ2) is 8.36. The summed E-state index contributed by atoms with van der Waals surface area (Å²) >= 11 is 0. The van der Waals surface area contributed by atoms with Crippen molar-refractivity contribution in [1.82, 2.24) is 0 Å². The van der Waals surface area contributed by atoms with Gasteiger partial charge in [0.25, 0.3) is 0 Å². The van der Waals surface area contributed by atoms with Crippen LogP contribution in [0, 0.1) is 17.3 Å². The Bertz CT molecular complexity index is 485. The molecule has 0 amide bonds. The minimum absolute atomic E-state index is 0.170. The summed E-state index contributed by atoms with van der Waals surface area (Å²) in [5.41, 5.74) is 4.31. The van der Waals surface area contributed by atoms with Crippen molar-refractivity contribution in [2.75, 3.05) is 0 Å². The molecule has 0 spiro atoms. The van der Waals surface area contributed by atoms with E-state index in [9.17, 15) is 0 Å². The first-order chi connectivity index (χ1) is 10.2. The second-order valence-corrected chi connectivity index (χ2v) is 7.95. The quantitative estimate of drug-likeness (QED) is 0.484. The van der Waals surface area contributed by atoms with Crippen LogP contribution in [0.15, 0.2) is 54.1 Å². The van der Waals surface area contributed by atoms with Crippen LogP contribution >= 0.6 is 0 Å². The first-order valence-corrected chi connectivity index (χ1v) is 8.60. The molecule has 0 N–H and O–H groups in total. The highest BCUT2D eigenvalue weighted by Crippen LogP contribution is 2.28. The Kier molecular flexibility index (Phi) is 7.13.